The zero-order valence-corrected chi connectivity index (χ0v) is 17.2. The van der Waals surface area contributed by atoms with Crippen molar-refractivity contribution in [2.75, 3.05) is 6.16 Å². The Morgan fingerprint density at radius 1 is 0.552 bits per heavy atom. The summed E-state index contributed by atoms with van der Waals surface area (Å²) in [5.74, 6) is 0. The van der Waals surface area contributed by atoms with Gasteiger partial charge < -0.3 is 0 Å². The largest absolute Gasteiger partial charge is 0.192 e. The van der Waals surface area contributed by atoms with Crippen molar-refractivity contribution >= 4 is 23.2 Å². The molecule has 0 aliphatic carbocycles. The van der Waals surface area contributed by atoms with E-state index in [-0.39, 0.29) is 0 Å². The van der Waals surface area contributed by atoms with Crippen LogP contribution in [0, 0.1) is 11.3 Å². The number of hydrogen-bond donors (Lipinski definition) is 0. The summed E-state index contributed by atoms with van der Waals surface area (Å²) in [6.45, 7) is 0. The van der Waals surface area contributed by atoms with E-state index in [1.165, 1.54) is 21.5 Å². The fourth-order valence-electron chi connectivity index (χ4n) is 3.92. The summed E-state index contributed by atoms with van der Waals surface area (Å²) in [4.78, 5) is 0. The highest BCUT2D eigenvalue weighted by Gasteiger charge is 2.44. The van der Waals surface area contributed by atoms with Crippen molar-refractivity contribution in [3.05, 3.63) is 126 Å². The Morgan fingerprint density at radius 3 is 1.34 bits per heavy atom. The number of benzene rings is 4. The Labute approximate surface area is 173 Å². The third-order valence-corrected chi connectivity index (χ3v) is 9.84. The van der Waals surface area contributed by atoms with Crippen LogP contribution in [0.15, 0.2) is 115 Å². The van der Waals surface area contributed by atoms with Crippen LogP contribution >= 0.6 is 7.26 Å². The second-order valence-electron chi connectivity index (χ2n) is 7.10. The molecule has 4 aromatic carbocycles. The molecule has 0 heterocycles. The van der Waals surface area contributed by atoms with Crippen LogP contribution < -0.4 is 15.9 Å². The first-order chi connectivity index (χ1) is 14.3. The van der Waals surface area contributed by atoms with Crippen LogP contribution in [0.4, 0.5) is 0 Å². The Bertz CT molecular complexity index is 985. The average Bonchev–Trinajstić information content (AvgIpc) is 2.82. The molecular formula is C27H23NP+. The topological polar surface area (TPSA) is 23.8 Å². The highest BCUT2D eigenvalue weighted by molar-refractivity contribution is 7.95. The first-order valence-corrected chi connectivity index (χ1v) is 11.8. The summed E-state index contributed by atoms with van der Waals surface area (Å²) in [6.07, 6.45) is 2.02. The fraction of sp³-hybridized carbons (Fsp3) is 0.0741. The van der Waals surface area contributed by atoms with E-state index >= 15 is 0 Å². The van der Waals surface area contributed by atoms with Crippen molar-refractivity contribution in [2.24, 2.45) is 0 Å². The second-order valence-corrected chi connectivity index (χ2v) is 10.7. The molecule has 1 nitrogen and oxygen atoms in total. The summed E-state index contributed by atoms with van der Waals surface area (Å²) >= 11 is 0. The van der Waals surface area contributed by atoms with Crippen LogP contribution in [-0.4, -0.2) is 6.16 Å². The molecule has 0 aliphatic heterocycles. The average molecular weight is 392 g/mol. The van der Waals surface area contributed by atoms with Crippen molar-refractivity contribution in [2.45, 2.75) is 6.42 Å². The van der Waals surface area contributed by atoms with Gasteiger partial charge in [-0.15, -0.1) is 0 Å². The van der Waals surface area contributed by atoms with E-state index in [1.54, 1.807) is 0 Å². The van der Waals surface area contributed by atoms with Crippen molar-refractivity contribution in [1.82, 2.24) is 0 Å². The number of nitrogens with zero attached hydrogens (tertiary/aromatic N) is 1. The van der Waals surface area contributed by atoms with Gasteiger partial charge in [0, 0.05) is 6.42 Å². The monoisotopic (exact) mass is 392 g/mol. The van der Waals surface area contributed by atoms with Gasteiger partial charge in [-0.1, -0.05) is 66.7 Å². The molecule has 0 radical (unpaired) electrons. The minimum absolute atomic E-state index is 0.712. The minimum Gasteiger partial charge on any atom is -0.192 e. The molecular weight excluding hydrogens is 369 g/mol. The van der Waals surface area contributed by atoms with Crippen LogP contribution in [-0.2, 0) is 6.42 Å². The molecule has 0 saturated carbocycles. The minimum atomic E-state index is -1.80. The van der Waals surface area contributed by atoms with Gasteiger partial charge in [0.05, 0.1) is 17.8 Å². The molecule has 0 unspecified atom stereocenters. The first kappa shape index (κ1) is 19.1. The molecule has 0 aromatic heterocycles. The predicted octanol–water partition coefficient (Wildman–Crippen LogP) is 5.09. The van der Waals surface area contributed by atoms with E-state index < -0.39 is 7.26 Å². The Balaban J connectivity index is 1.84. The quantitative estimate of drug-likeness (QED) is 0.419. The molecule has 0 saturated heterocycles. The first-order valence-electron chi connectivity index (χ1n) is 9.87. The van der Waals surface area contributed by atoms with E-state index in [0.717, 1.165) is 12.6 Å². The number of rotatable bonds is 6. The number of aryl methyl sites for hydroxylation is 1. The predicted molar refractivity (Wildman–Crippen MR) is 125 cm³/mol. The maximum absolute atomic E-state index is 9.09. The maximum atomic E-state index is 9.09. The van der Waals surface area contributed by atoms with Crippen LogP contribution in [0.25, 0.3) is 0 Å². The summed E-state index contributed by atoms with van der Waals surface area (Å²) < 4.78 is 0. The van der Waals surface area contributed by atoms with Gasteiger partial charge in [-0.05, 0) is 54.1 Å². The highest BCUT2D eigenvalue weighted by Crippen LogP contribution is 2.55. The normalized spacial score (nSPS) is 11.0. The second kappa shape index (κ2) is 8.87. The van der Waals surface area contributed by atoms with Gasteiger partial charge in [0.25, 0.3) is 0 Å². The lowest BCUT2D eigenvalue weighted by Crippen LogP contribution is -2.34. The van der Waals surface area contributed by atoms with E-state index in [2.05, 4.69) is 109 Å². The lowest BCUT2D eigenvalue weighted by molar-refractivity contribution is 1.14. The van der Waals surface area contributed by atoms with Gasteiger partial charge >= 0.3 is 0 Å². The molecule has 29 heavy (non-hydrogen) atoms. The molecule has 0 atom stereocenters. The van der Waals surface area contributed by atoms with E-state index in [0.29, 0.717) is 5.56 Å². The Kier molecular flexibility index (Phi) is 5.85. The molecule has 0 aliphatic rings. The smallest absolute Gasteiger partial charge is 0.112 e. The van der Waals surface area contributed by atoms with Gasteiger partial charge in [0.2, 0.25) is 0 Å². The molecule has 0 bridgehead atoms. The van der Waals surface area contributed by atoms with Gasteiger partial charge in [-0.3, -0.25) is 0 Å². The molecule has 0 spiro atoms. The van der Waals surface area contributed by atoms with E-state index in [1.807, 2.05) is 12.1 Å². The molecule has 0 fully saturated rings. The lowest BCUT2D eigenvalue weighted by Gasteiger charge is -2.27. The summed E-state index contributed by atoms with van der Waals surface area (Å²) in [5, 5.41) is 13.3. The Morgan fingerprint density at radius 2 is 0.966 bits per heavy atom. The zero-order chi connectivity index (χ0) is 19.9. The van der Waals surface area contributed by atoms with Crippen LogP contribution in [0.5, 0.6) is 0 Å². The standard InChI is InChI=1S/C27H23NP/c28-22-24-18-16-23(17-19-24)20-21-29(25-10-4-1-5-11-25,26-12-6-2-7-13-26)27-14-8-3-9-15-27/h1-19H,20-21H2/q+1. The van der Waals surface area contributed by atoms with Crippen LogP contribution in [0.3, 0.4) is 0 Å². The third-order valence-electron chi connectivity index (χ3n) is 5.41. The highest BCUT2D eigenvalue weighted by atomic mass is 31.2. The lowest BCUT2D eigenvalue weighted by atomic mass is 10.1. The van der Waals surface area contributed by atoms with Gasteiger partial charge in [0.1, 0.15) is 23.2 Å². The molecule has 0 N–H and O–H groups in total. The summed E-state index contributed by atoms with van der Waals surface area (Å²) in [7, 11) is -1.80. The molecule has 140 valence electrons. The third kappa shape index (κ3) is 4.00. The fourth-order valence-corrected chi connectivity index (χ4v) is 8.23. The van der Waals surface area contributed by atoms with Gasteiger partial charge in [-0.2, -0.15) is 5.26 Å². The van der Waals surface area contributed by atoms with Gasteiger partial charge in [-0.25, -0.2) is 0 Å². The Hall–Kier alpha value is -3.20. The molecule has 4 aromatic rings. The number of hydrogen-bond acceptors (Lipinski definition) is 1. The molecule has 0 amide bonds. The molecule has 2 heteroatoms. The van der Waals surface area contributed by atoms with Crippen molar-refractivity contribution in [3.63, 3.8) is 0 Å². The van der Waals surface area contributed by atoms with Crippen molar-refractivity contribution in [3.8, 4) is 6.07 Å². The molecule has 4 rings (SSSR count). The van der Waals surface area contributed by atoms with Crippen LogP contribution in [0.1, 0.15) is 11.1 Å². The van der Waals surface area contributed by atoms with E-state index in [9.17, 15) is 0 Å². The summed E-state index contributed by atoms with van der Waals surface area (Å²) in [6, 6.07) is 43.1. The van der Waals surface area contributed by atoms with E-state index in [4.69, 9.17) is 5.26 Å². The SMILES string of the molecule is N#Cc1ccc(CC[P+](c2ccccc2)(c2ccccc2)c2ccccc2)cc1. The van der Waals surface area contributed by atoms with Crippen molar-refractivity contribution < 1.29 is 0 Å². The van der Waals surface area contributed by atoms with Crippen molar-refractivity contribution in [1.29, 1.82) is 5.26 Å². The van der Waals surface area contributed by atoms with Gasteiger partial charge in [0.15, 0.2) is 0 Å². The zero-order valence-electron chi connectivity index (χ0n) is 16.3. The van der Waals surface area contributed by atoms with Crippen LogP contribution in [0.2, 0.25) is 0 Å². The summed E-state index contributed by atoms with van der Waals surface area (Å²) in [5.41, 5.74) is 1.99. The maximum Gasteiger partial charge on any atom is 0.112 e. The number of nitriles is 1.